The fraction of sp³-hybridized carbons (Fsp3) is 0.636. The van der Waals surface area contributed by atoms with Gasteiger partial charge in [0.05, 0.1) is 0 Å². The highest BCUT2D eigenvalue weighted by molar-refractivity contribution is 14.1. The maximum atomic E-state index is 5.64. The average Bonchev–Trinajstić information content (AvgIpc) is 2.49. The fourth-order valence-corrected chi connectivity index (χ4v) is 1.81. The average molecular weight is 292 g/mol. The van der Waals surface area contributed by atoms with Gasteiger partial charge in [-0.1, -0.05) is 36.4 Å². The molecule has 0 unspecified atom stereocenters. The van der Waals surface area contributed by atoms with Gasteiger partial charge in [-0.3, -0.25) is 0 Å². The Kier molecular flexibility index (Phi) is 3.83. The zero-order valence-corrected chi connectivity index (χ0v) is 10.7. The van der Waals surface area contributed by atoms with E-state index in [1.807, 2.05) is 13.0 Å². The largest absolute Gasteiger partial charge is 0.466 e. The molecular weight excluding hydrogens is 275 g/mol. The number of hydrogen-bond donors (Lipinski definition) is 0. The van der Waals surface area contributed by atoms with Gasteiger partial charge in [-0.25, -0.2) is 0 Å². The summed E-state index contributed by atoms with van der Waals surface area (Å²) in [6.07, 6.45) is 2.45. The van der Waals surface area contributed by atoms with E-state index in [2.05, 4.69) is 42.5 Å². The van der Waals surface area contributed by atoms with Crippen molar-refractivity contribution in [3.05, 3.63) is 23.7 Å². The van der Waals surface area contributed by atoms with Crippen LogP contribution in [-0.2, 0) is 5.41 Å². The van der Waals surface area contributed by atoms with Gasteiger partial charge in [-0.05, 0) is 36.3 Å². The molecule has 13 heavy (non-hydrogen) atoms. The minimum absolute atomic E-state index is 0.194. The van der Waals surface area contributed by atoms with Crippen molar-refractivity contribution in [2.24, 2.45) is 0 Å². The van der Waals surface area contributed by atoms with Crippen LogP contribution in [0.3, 0.4) is 0 Å². The van der Waals surface area contributed by atoms with Crippen molar-refractivity contribution in [2.75, 3.05) is 4.43 Å². The predicted molar refractivity (Wildman–Crippen MR) is 64.6 cm³/mol. The summed E-state index contributed by atoms with van der Waals surface area (Å²) in [6.45, 7) is 6.49. The molecule has 0 atom stereocenters. The standard InChI is InChI=1S/C11H17IO/c1-9-5-6-10(13-9)11(2,3)7-4-8-12/h5-6H,4,7-8H2,1-3H3. The molecule has 0 amide bonds. The van der Waals surface area contributed by atoms with E-state index in [1.54, 1.807) is 0 Å². The van der Waals surface area contributed by atoms with Gasteiger partial charge < -0.3 is 4.42 Å². The van der Waals surface area contributed by atoms with E-state index in [-0.39, 0.29) is 5.41 Å². The molecule has 0 aliphatic heterocycles. The molecule has 0 aromatic carbocycles. The van der Waals surface area contributed by atoms with Crippen molar-refractivity contribution in [1.29, 1.82) is 0 Å². The lowest BCUT2D eigenvalue weighted by Crippen LogP contribution is -2.16. The Balaban J connectivity index is 2.68. The van der Waals surface area contributed by atoms with Crippen LogP contribution in [0.1, 0.15) is 38.2 Å². The minimum Gasteiger partial charge on any atom is -0.466 e. The molecule has 1 aromatic rings. The summed E-state index contributed by atoms with van der Waals surface area (Å²) in [5.74, 6) is 2.13. The van der Waals surface area contributed by atoms with Gasteiger partial charge in [-0.2, -0.15) is 0 Å². The first-order chi connectivity index (χ1) is 6.06. The first-order valence-corrected chi connectivity index (χ1v) is 6.22. The van der Waals surface area contributed by atoms with Crippen molar-refractivity contribution < 1.29 is 4.42 Å². The zero-order valence-electron chi connectivity index (χ0n) is 8.56. The van der Waals surface area contributed by atoms with Gasteiger partial charge in [0.1, 0.15) is 11.5 Å². The highest BCUT2D eigenvalue weighted by Crippen LogP contribution is 2.29. The molecule has 0 fully saturated rings. The van der Waals surface area contributed by atoms with Crippen molar-refractivity contribution in [3.63, 3.8) is 0 Å². The summed E-state index contributed by atoms with van der Waals surface area (Å²) < 4.78 is 6.87. The molecule has 0 N–H and O–H groups in total. The van der Waals surface area contributed by atoms with Crippen LogP contribution in [0.2, 0.25) is 0 Å². The van der Waals surface area contributed by atoms with Gasteiger partial charge in [0, 0.05) is 5.41 Å². The summed E-state index contributed by atoms with van der Waals surface area (Å²) >= 11 is 2.42. The van der Waals surface area contributed by atoms with E-state index in [4.69, 9.17) is 4.42 Å². The molecule has 0 radical (unpaired) electrons. The summed E-state index contributed by atoms with van der Waals surface area (Å²) in [4.78, 5) is 0. The topological polar surface area (TPSA) is 13.1 Å². The van der Waals surface area contributed by atoms with Gasteiger partial charge in [0.25, 0.3) is 0 Å². The second-order valence-corrected chi connectivity index (χ2v) is 5.17. The number of hydrogen-bond acceptors (Lipinski definition) is 1. The Bertz CT molecular complexity index is 263. The van der Waals surface area contributed by atoms with E-state index in [0.29, 0.717) is 0 Å². The van der Waals surface area contributed by atoms with Crippen molar-refractivity contribution >= 4 is 22.6 Å². The summed E-state index contributed by atoms with van der Waals surface area (Å²) in [6, 6.07) is 4.14. The number of rotatable bonds is 4. The van der Waals surface area contributed by atoms with Crippen LogP contribution in [0.15, 0.2) is 16.5 Å². The molecule has 0 bridgehead atoms. The fourth-order valence-electron chi connectivity index (χ4n) is 1.43. The molecule has 0 saturated heterocycles. The van der Waals surface area contributed by atoms with E-state index in [1.165, 1.54) is 17.3 Å². The summed E-state index contributed by atoms with van der Waals surface area (Å²) in [5, 5.41) is 0. The third-order valence-corrected chi connectivity index (χ3v) is 3.11. The number of aryl methyl sites for hydroxylation is 1. The minimum atomic E-state index is 0.194. The maximum Gasteiger partial charge on any atom is 0.109 e. The number of alkyl halides is 1. The third-order valence-electron chi connectivity index (χ3n) is 2.34. The maximum absolute atomic E-state index is 5.64. The first-order valence-electron chi connectivity index (χ1n) is 4.69. The molecule has 0 aliphatic carbocycles. The molecule has 2 heteroatoms. The molecular formula is C11H17IO. The molecule has 0 spiro atoms. The van der Waals surface area contributed by atoms with Crippen molar-refractivity contribution in [2.45, 2.75) is 39.0 Å². The van der Waals surface area contributed by atoms with E-state index in [9.17, 15) is 0 Å². The highest BCUT2D eigenvalue weighted by atomic mass is 127. The Morgan fingerprint density at radius 3 is 2.54 bits per heavy atom. The Morgan fingerprint density at radius 1 is 1.38 bits per heavy atom. The second-order valence-electron chi connectivity index (χ2n) is 4.09. The molecule has 1 nitrogen and oxygen atoms in total. The highest BCUT2D eigenvalue weighted by Gasteiger charge is 2.23. The quantitative estimate of drug-likeness (QED) is 0.602. The molecule has 1 rings (SSSR count). The summed E-state index contributed by atoms with van der Waals surface area (Å²) in [5.41, 5.74) is 0.194. The zero-order chi connectivity index (χ0) is 9.90. The molecule has 1 heterocycles. The SMILES string of the molecule is Cc1ccc(C(C)(C)CCCI)o1. The van der Waals surface area contributed by atoms with E-state index >= 15 is 0 Å². The smallest absolute Gasteiger partial charge is 0.109 e. The molecule has 1 aromatic heterocycles. The van der Waals surface area contributed by atoms with E-state index < -0.39 is 0 Å². The van der Waals surface area contributed by atoms with E-state index in [0.717, 1.165) is 11.5 Å². The van der Waals surface area contributed by atoms with Crippen LogP contribution in [-0.4, -0.2) is 4.43 Å². The van der Waals surface area contributed by atoms with Crippen LogP contribution < -0.4 is 0 Å². The van der Waals surface area contributed by atoms with Crippen LogP contribution in [0.4, 0.5) is 0 Å². The normalized spacial score (nSPS) is 12.0. The Hall–Kier alpha value is 0.01000. The monoisotopic (exact) mass is 292 g/mol. The Morgan fingerprint density at radius 2 is 2.08 bits per heavy atom. The van der Waals surface area contributed by atoms with Gasteiger partial charge >= 0.3 is 0 Å². The van der Waals surface area contributed by atoms with Crippen LogP contribution in [0, 0.1) is 6.92 Å². The lowest BCUT2D eigenvalue weighted by atomic mass is 9.85. The molecule has 0 aliphatic rings. The van der Waals surface area contributed by atoms with Crippen LogP contribution in [0.5, 0.6) is 0 Å². The van der Waals surface area contributed by atoms with Gasteiger partial charge in [0.2, 0.25) is 0 Å². The summed E-state index contributed by atoms with van der Waals surface area (Å²) in [7, 11) is 0. The third kappa shape index (κ3) is 3.01. The molecule has 0 saturated carbocycles. The number of furan rings is 1. The Labute approximate surface area is 94.0 Å². The van der Waals surface area contributed by atoms with Crippen LogP contribution in [0.25, 0.3) is 0 Å². The van der Waals surface area contributed by atoms with Gasteiger partial charge in [0.15, 0.2) is 0 Å². The lowest BCUT2D eigenvalue weighted by Gasteiger charge is -2.21. The number of halogens is 1. The first kappa shape index (κ1) is 11.1. The lowest BCUT2D eigenvalue weighted by molar-refractivity contribution is 0.354. The second kappa shape index (κ2) is 4.49. The van der Waals surface area contributed by atoms with Crippen molar-refractivity contribution in [3.8, 4) is 0 Å². The molecule has 74 valence electrons. The van der Waals surface area contributed by atoms with Gasteiger partial charge in [-0.15, -0.1) is 0 Å². The van der Waals surface area contributed by atoms with Crippen LogP contribution >= 0.6 is 22.6 Å². The van der Waals surface area contributed by atoms with Crippen molar-refractivity contribution in [1.82, 2.24) is 0 Å². The predicted octanol–water partition coefficient (Wildman–Crippen LogP) is 4.08.